The van der Waals surface area contributed by atoms with Gasteiger partial charge in [-0.15, -0.1) is 0 Å². The summed E-state index contributed by atoms with van der Waals surface area (Å²) < 4.78 is 16.9. The van der Waals surface area contributed by atoms with Crippen molar-refractivity contribution in [2.24, 2.45) is 0 Å². The van der Waals surface area contributed by atoms with E-state index in [0.29, 0.717) is 19.3 Å². The Labute approximate surface area is 447 Å². The molecule has 0 fully saturated rings. The van der Waals surface area contributed by atoms with E-state index in [1.54, 1.807) is 0 Å². The maximum absolute atomic E-state index is 12.9. The van der Waals surface area contributed by atoms with Gasteiger partial charge in [-0.3, -0.25) is 14.4 Å². The molecule has 0 N–H and O–H groups in total. The summed E-state index contributed by atoms with van der Waals surface area (Å²) in [6.45, 7) is 6.53. The lowest BCUT2D eigenvalue weighted by molar-refractivity contribution is -0.167. The van der Waals surface area contributed by atoms with Crippen LogP contribution in [-0.4, -0.2) is 37.2 Å². The van der Waals surface area contributed by atoms with Crippen LogP contribution in [0.3, 0.4) is 0 Å². The van der Waals surface area contributed by atoms with E-state index in [1.807, 2.05) is 0 Å². The lowest BCUT2D eigenvalue weighted by Crippen LogP contribution is -2.30. The van der Waals surface area contributed by atoms with Gasteiger partial charge in [0.05, 0.1) is 0 Å². The van der Waals surface area contributed by atoms with E-state index in [2.05, 4.69) is 81.5 Å². The van der Waals surface area contributed by atoms with Crippen LogP contribution in [0.2, 0.25) is 0 Å². The predicted molar refractivity (Wildman–Crippen MR) is 312 cm³/mol. The van der Waals surface area contributed by atoms with Gasteiger partial charge in [0.2, 0.25) is 0 Å². The molecule has 0 aromatic rings. The molecular weight excluding hydrogens is 889 g/mol. The number of carbonyl (C=O) groups excluding carboxylic acids is 3. The highest BCUT2D eigenvalue weighted by molar-refractivity contribution is 5.71. The third-order valence-electron chi connectivity index (χ3n) is 13.8. The van der Waals surface area contributed by atoms with E-state index in [4.69, 9.17) is 14.2 Å². The molecule has 1 atom stereocenters. The standard InChI is InChI=1S/C66H118O6/c1-4-7-10-13-16-19-22-25-28-31-33-36-38-41-44-47-50-53-56-59-65(68)71-62-63(61-70-64(67)58-55-52-49-46-43-40-37-34-30-27-24-21-18-15-12-9-6-3)72-66(69)60-57-54-51-48-45-42-39-35-32-29-26-23-20-17-14-11-8-5-2/h9,12,18,21,27,30,37,40,46,49,63H,4-8,10-11,13-17,19-20,22-26,28-29,31-36,38-39,41-45,47-48,50-62H2,1-3H3/b12-9-,21-18-,30-27-,40-37-,49-46-/t63-/m1/s1. The Hall–Kier alpha value is -2.89. The number of ether oxygens (including phenoxy) is 3. The highest BCUT2D eigenvalue weighted by atomic mass is 16.6. The number of rotatable bonds is 57. The summed E-state index contributed by atoms with van der Waals surface area (Å²) in [6.07, 6.45) is 76.6. The van der Waals surface area contributed by atoms with Gasteiger partial charge < -0.3 is 14.2 Å². The van der Waals surface area contributed by atoms with E-state index < -0.39 is 6.10 Å². The number of allylic oxidation sites excluding steroid dienone is 10. The number of unbranched alkanes of at least 4 members (excludes halogenated alkanes) is 36. The molecule has 0 rings (SSSR count). The molecule has 0 amide bonds. The van der Waals surface area contributed by atoms with Crippen LogP contribution >= 0.6 is 0 Å². The van der Waals surface area contributed by atoms with Crippen LogP contribution in [0.4, 0.5) is 0 Å². The van der Waals surface area contributed by atoms with Crippen molar-refractivity contribution in [2.45, 2.75) is 329 Å². The molecule has 0 bridgehead atoms. The molecule has 418 valence electrons. The van der Waals surface area contributed by atoms with E-state index in [0.717, 1.165) is 77.0 Å². The molecule has 0 aromatic carbocycles. The summed E-state index contributed by atoms with van der Waals surface area (Å²) in [7, 11) is 0. The monoisotopic (exact) mass is 1010 g/mol. The highest BCUT2D eigenvalue weighted by Crippen LogP contribution is 2.17. The molecule has 0 radical (unpaired) electrons. The van der Waals surface area contributed by atoms with Crippen molar-refractivity contribution in [3.63, 3.8) is 0 Å². The SMILES string of the molecule is CC/C=C\C/C=C\C/C=C\C/C=C\C/C=C\CCCC(=O)OC[C@H](COC(=O)CCCCCCCCCCCCCCCCCCCCC)OC(=O)CCCCCCCCCCCCCCCCCCCC. The van der Waals surface area contributed by atoms with Gasteiger partial charge in [0.15, 0.2) is 6.10 Å². The molecule has 72 heavy (non-hydrogen) atoms. The predicted octanol–water partition coefficient (Wildman–Crippen LogP) is 21.2. The van der Waals surface area contributed by atoms with E-state index >= 15 is 0 Å². The second kappa shape index (κ2) is 60.7. The Kier molecular flexibility index (Phi) is 58.2. The minimum absolute atomic E-state index is 0.0872. The smallest absolute Gasteiger partial charge is 0.306 e. The third kappa shape index (κ3) is 58.0. The van der Waals surface area contributed by atoms with Crippen molar-refractivity contribution in [2.75, 3.05) is 13.2 Å². The lowest BCUT2D eigenvalue weighted by atomic mass is 10.0. The van der Waals surface area contributed by atoms with Crippen molar-refractivity contribution in [1.29, 1.82) is 0 Å². The number of carbonyl (C=O) groups is 3. The van der Waals surface area contributed by atoms with E-state index in [9.17, 15) is 14.4 Å². The molecule has 0 saturated carbocycles. The van der Waals surface area contributed by atoms with Gasteiger partial charge in [0.25, 0.3) is 0 Å². The van der Waals surface area contributed by atoms with Crippen molar-refractivity contribution >= 4 is 17.9 Å². The second-order valence-corrected chi connectivity index (χ2v) is 21.0. The van der Waals surface area contributed by atoms with Gasteiger partial charge in [-0.05, 0) is 57.8 Å². The largest absolute Gasteiger partial charge is 0.462 e. The normalized spacial score (nSPS) is 12.4. The molecule has 6 heteroatoms. The van der Waals surface area contributed by atoms with Crippen molar-refractivity contribution in [3.8, 4) is 0 Å². The fraction of sp³-hybridized carbons (Fsp3) is 0.803. The van der Waals surface area contributed by atoms with Crippen molar-refractivity contribution in [1.82, 2.24) is 0 Å². The van der Waals surface area contributed by atoms with Gasteiger partial charge in [-0.2, -0.15) is 0 Å². The van der Waals surface area contributed by atoms with Crippen LogP contribution in [0.15, 0.2) is 60.8 Å². The average Bonchev–Trinajstić information content (AvgIpc) is 3.38. The van der Waals surface area contributed by atoms with Gasteiger partial charge in [0.1, 0.15) is 13.2 Å². The Morgan fingerprint density at radius 1 is 0.292 bits per heavy atom. The van der Waals surface area contributed by atoms with Crippen LogP contribution in [0, 0.1) is 0 Å². The fourth-order valence-corrected chi connectivity index (χ4v) is 9.13. The zero-order chi connectivity index (χ0) is 52.2. The summed E-state index contributed by atoms with van der Waals surface area (Å²) in [5.41, 5.74) is 0. The second-order valence-electron chi connectivity index (χ2n) is 21.0. The Bertz CT molecular complexity index is 1290. The summed E-state index contributed by atoms with van der Waals surface area (Å²) >= 11 is 0. The van der Waals surface area contributed by atoms with Crippen LogP contribution in [-0.2, 0) is 28.6 Å². The first-order valence-electron chi connectivity index (χ1n) is 31.3. The van der Waals surface area contributed by atoms with Crippen LogP contribution in [0.25, 0.3) is 0 Å². The van der Waals surface area contributed by atoms with Crippen molar-refractivity contribution in [3.05, 3.63) is 60.8 Å². The quantitative estimate of drug-likeness (QED) is 0.0261. The summed E-state index contributed by atoms with van der Waals surface area (Å²) in [4.78, 5) is 38.3. The molecule has 0 aliphatic heterocycles. The lowest BCUT2D eigenvalue weighted by Gasteiger charge is -2.18. The third-order valence-corrected chi connectivity index (χ3v) is 13.8. The Morgan fingerprint density at radius 3 is 0.847 bits per heavy atom. The first kappa shape index (κ1) is 69.1. The molecule has 0 spiro atoms. The summed E-state index contributed by atoms with van der Waals surface area (Å²) in [6, 6.07) is 0. The molecule has 0 aliphatic rings. The maximum Gasteiger partial charge on any atom is 0.306 e. The van der Waals surface area contributed by atoms with Crippen LogP contribution < -0.4 is 0 Å². The van der Waals surface area contributed by atoms with Gasteiger partial charge in [0, 0.05) is 19.3 Å². The topological polar surface area (TPSA) is 78.9 Å². The first-order valence-corrected chi connectivity index (χ1v) is 31.3. The molecule has 0 saturated heterocycles. The average molecular weight is 1010 g/mol. The molecule has 0 unspecified atom stereocenters. The van der Waals surface area contributed by atoms with E-state index in [1.165, 1.54) is 199 Å². The summed E-state index contributed by atoms with van der Waals surface area (Å²) in [5.74, 6) is -0.928. The molecular formula is C66H118O6. The van der Waals surface area contributed by atoms with E-state index in [-0.39, 0.29) is 37.5 Å². The number of esters is 3. The fourth-order valence-electron chi connectivity index (χ4n) is 9.13. The molecule has 0 heterocycles. The van der Waals surface area contributed by atoms with Gasteiger partial charge >= 0.3 is 17.9 Å². The Balaban J connectivity index is 4.40. The minimum Gasteiger partial charge on any atom is -0.462 e. The first-order chi connectivity index (χ1) is 35.5. The Morgan fingerprint density at radius 2 is 0.542 bits per heavy atom. The zero-order valence-corrected chi connectivity index (χ0v) is 47.9. The minimum atomic E-state index is -0.794. The highest BCUT2D eigenvalue weighted by Gasteiger charge is 2.19. The zero-order valence-electron chi connectivity index (χ0n) is 47.9. The van der Waals surface area contributed by atoms with Gasteiger partial charge in [-0.25, -0.2) is 0 Å². The van der Waals surface area contributed by atoms with Crippen molar-refractivity contribution < 1.29 is 28.6 Å². The van der Waals surface area contributed by atoms with Crippen LogP contribution in [0.1, 0.15) is 323 Å². The van der Waals surface area contributed by atoms with Gasteiger partial charge in [-0.1, -0.05) is 306 Å². The molecule has 0 aliphatic carbocycles. The molecule has 6 nitrogen and oxygen atoms in total. The number of hydrogen-bond acceptors (Lipinski definition) is 6. The summed E-state index contributed by atoms with van der Waals surface area (Å²) in [5, 5.41) is 0. The maximum atomic E-state index is 12.9. The van der Waals surface area contributed by atoms with Crippen LogP contribution in [0.5, 0.6) is 0 Å². The molecule has 0 aromatic heterocycles. The number of hydrogen-bond donors (Lipinski definition) is 0.